The number of H-pyrrole nitrogens is 1. The highest BCUT2D eigenvalue weighted by Crippen LogP contribution is 2.50. The van der Waals surface area contributed by atoms with Crippen LogP contribution < -0.4 is 10.2 Å². The van der Waals surface area contributed by atoms with Crippen molar-refractivity contribution in [2.75, 3.05) is 0 Å². The Morgan fingerprint density at radius 1 is 1.34 bits per heavy atom. The van der Waals surface area contributed by atoms with E-state index in [1.165, 1.54) is 4.57 Å². The van der Waals surface area contributed by atoms with Crippen LogP contribution >= 0.6 is 20.8 Å². The van der Waals surface area contributed by atoms with Gasteiger partial charge in [-0.2, -0.15) is 0 Å². The molecule has 1 saturated heterocycles. The van der Waals surface area contributed by atoms with Gasteiger partial charge in [0.1, 0.15) is 22.7 Å². The molecule has 0 spiro atoms. The van der Waals surface area contributed by atoms with E-state index >= 15 is 0 Å². The summed E-state index contributed by atoms with van der Waals surface area (Å²) in [5.74, 6) is -2.06. The molecule has 0 amide bonds. The molecule has 156 valence electrons. The molecule has 3 unspecified atom stereocenters. The lowest BCUT2D eigenvalue weighted by Crippen LogP contribution is -2.44. The van der Waals surface area contributed by atoms with Gasteiger partial charge in [-0.3, -0.25) is 14.1 Å². The minimum atomic E-state index is -2.64. The molecule has 1 aromatic carbocycles. The van der Waals surface area contributed by atoms with E-state index in [4.69, 9.17) is 30.5 Å². The lowest BCUT2D eigenvalue weighted by Gasteiger charge is -2.32. The van der Waals surface area contributed by atoms with Crippen molar-refractivity contribution in [3.8, 4) is 5.75 Å². The van der Waals surface area contributed by atoms with Crippen LogP contribution in [-0.2, 0) is 20.4 Å². The molecule has 2 aliphatic rings. The Morgan fingerprint density at radius 2 is 2.14 bits per heavy atom. The first-order valence-corrected chi connectivity index (χ1v) is 10.6. The molecule has 3 atom stereocenters. The Labute approximate surface area is 172 Å². The molecule has 0 bridgehead atoms. The average Bonchev–Trinajstić information content (AvgIpc) is 3.15. The van der Waals surface area contributed by atoms with Crippen molar-refractivity contribution in [3.05, 3.63) is 56.2 Å². The number of aryl methyl sites for hydroxylation is 2. The highest BCUT2D eigenvalue weighted by molar-refractivity contribution is 7.71. The van der Waals surface area contributed by atoms with Crippen molar-refractivity contribution >= 4 is 20.8 Å². The number of nitrogens with zero attached hydrogens (tertiary/aromatic N) is 1. The minimum Gasteiger partial charge on any atom is -0.426 e. The molecule has 29 heavy (non-hydrogen) atoms. The Hall–Kier alpha value is -1.65. The quantitative estimate of drug-likeness (QED) is 0.378. The summed E-state index contributed by atoms with van der Waals surface area (Å²) >= 11 is 5.05. The molecule has 4 rings (SSSR count). The Morgan fingerprint density at radius 3 is 2.93 bits per heavy atom. The fourth-order valence-corrected chi connectivity index (χ4v) is 4.46. The molecule has 1 aromatic heterocycles. The second kappa shape index (κ2) is 7.88. The summed E-state index contributed by atoms with van der Waals surface area (Å²) in [5.41, 5.74) is 2.22. The second-order valence-corrected chi connectivity index (χ2v) is 8.56. The SMILES string of the molecule is Cc1ccc2c(c1)COP(OC(O)(O)C1CCC(n3cc(C)c(=S)[nH]c3=O)O1)O2. The number of aromatic amines is 1. The number of hydrogen-bond acceptors (Lipinski definition) is 8. The number of benzene rings is 1. The highest BCUT2D eigenvalue weighted by Gasteiger charge is 2.47. The van der Waals surface area contributed by atoms with Crippen molar-refractivity contribution in [3.63, 3.8) is 0 Å². The van der Waals surface area contributed by atoms with Crippen LogP contribution in [0.1, 0.15) is 35.8 Å². The molecular formula is C18H21N2O7PS. The molecule has 0 radical (unpaired) electrons. The summed E-state index contributed by atoms with van der Waals surface area (Å²) in [7, 11) is -2.02. The Kier molecular flexibility index (Phi) is 5.60. The summed E-state index contributed by atoms with van der Waals surface area (Å²) in [6.45, 7) is 3.97. The Bertz CT molecular complexity index is 1040. The van der Waals surface area contributed by atoms with Crippen LogP contribution in [-0.4, -0.2) is 31.8 Å². The third-order valence-corrected chi connectivity index (χ3v) is 6.32. The van der Waals surface area contributed by atoms with Gasteiger partial charge in [0, 0.05) is 17.3 Å². The van der Waals surface area contributed by atoms with Gasteiger partial charge in [-0.1, -0.05) is 29.9 Å². The van der Waals surface area contributed by atoms with Crippen molar-refractivity contribution in [1.82, 2.24) is 9.55 Å². The Balaban J connectivity index is 1.44. The van der Waals surface area contributed by atoms with E-state index in [1.807, 2.05) is 19.1 Å². The molecule has 1 fully saturated rings. The maximum atomic E-state index is 12.2. The number of aliphatic hydroxyl groups is 2. The van der Waals surface area contributed by atoms with Gasteiger partial charge in [0.15, 0.2) is 0 Å². The van der Waals surface area contributed by atoms with Crippen LogP contribution in [0.25, 0.3) is 0 Å². The fraction of sp³-hybridized carbons (Fsp3) is 0.444. The average molecular weight is 440 g/mol. The van der Waals surface area contributed by atoms with Gasteiger partial charge in [0.05, 0.1) is 6.61 Å². The molecule has 2 aromatic rings. The standard InChI is InChI=1S/C18H21N2O7PS/c1-10-3-4-13-12(7-10)9-24-28(26-13)27-18(22,23)14-5-6-15(25-14)20-8-11(2)16(29)19-17(20)21/h3-4,7-8,14-15,22-23H,5-6,9H2,1-2H3,(H,19,21,29). The van der Waals surface area contributed by atoms with E-state index in [1.54, 1.807) is 19.2 Å². The van der Waals surface area contributed by atoms with Gasteiger partial charge >= 0.3 is 20.3 Å². The van der Waals surface area contributed by atoms with Crippen molar-refractivity contribution in [2.24, 2.45) is 0 Å². The van der Waals surface area contributed by atoms with E-state index in [-0.39, 0.29) is 13.0 Å². The fourth-order valence-electron chi connectivity index (χ4n) is 3.25. The van der Waals surface area contributed by atoms with E-state index in [0.29, 0.717) is 22.4 Å². The maximum absolute atomic E-state index is 12.2. The summed E-state index contributed by atoms with van der Waals surface area (Å²) in [5, 5.41) is 20.9. The van der Waals surface area contributed by atoms with Crippen molar-refractivity contribution in [2.45, 2.75) is 51.6 Å². The van der Waals surface area contributed by atoms with Crippen LogP contribution in [0.3, 0.4) is 0 Å². The van der Waals surface area contributed by atoms with Crippen molar-refractivity contribution < 1.29 is 28.5 Å². The predicted octanol–water partition coefficient (Wildman–Crippen LogP) is 2.69. The smallest absolute Gasteiger partial charge is 0.402 e. The second-order valence-electron chi connectivity index (χ2n) is 7.08. The predicted molar refractivity (Wildman–Crippen MR) is 106 cm³/mol. The van der Waals surface area contributed by atoms with Crippen LogP contribution in [0, 0.1) is 18.5 Å². The van der Waals surface area contributed by atoms with E-state index < -0.39 is 32.6 Å². The largest absolute Gasteiger partial charge is 0.426 e. The number of fused-ring (bicyclic) bond motifs is 1. The third-order valence-electron chi connectivity index (χ3n) is 4.80. The van der Waals surface area contributed by atoms with Gasteiger partial charge in [0.2, 0.25) is 0 Å². The van der Waals surface area contributed by atoms with Gasteiger partial charge in [-0.15, -0.1) is 0 Å². The summed E-state index contributed by atoms with van der Waals surface area (Å²) in [4.78, 5) is 14.7. The van der Waals surface area contributed by atoms with E-state index in [0.717, 1.165) is 11.1 Å². The number of ether oxygens (including phenoxy) is 1. The number of nitrogens with one attached hydrogen (secondary N) is 1. The summed E-state index contributed by atoms with van der Waals surface area (Å²) in [6.07, 6.45) is 0.476. The minimum absolute atomic E-state index is 0.241. The molecule has 0 aliphatic carbocycles. The monoisotopic (exact) mass is 440 g/mol. The normalized spacial score (nSPS) is 24.2. The molecule has 11 heteroatoms. The maximum Gasteiger partial charge on any atom is 0.402 e. The van der Waals surface area contributed by atoms with E-state index in [9.17, 15) is 15.0 Å². The molecule has 9 nitrogen and oxygen atoms in total. The highest BCUT2D eigenvalue weighted by atomic mass is 32.1. The lowest BCUT2D eigenvalue weighted by atomic mass is 10.1. The number of hydrogen-bond donors (Lipinski definition) is 3. The van der Waals surface area contributed by atoms with Crippen LogP contribution in [0.5, 0.6) is 5.75 Å². The van der Waals surface area contributed by atoms with Gasteiger partial charge in [-0.25, -0.2) is 9.32 Å². The van der Waals surface area contributed by atoms with Crippen molar-refractivity contribution in [1.29, 1.82) is 0 Å². The zero-order valence-corrected chi connectivity index (χ0v) is 17.5. The summed E-state index contributed by atoms with van der Waals surface area (Å²) < 4.78 is 23.8. The van der Waals surface area contributed by atoms with Gasteiger partial charge in [-0.05, 0) is 32.8 Å². The van der Waals surface area contributed by atoms with Gasteiger partial charge < -0.3 is 19.5 Å². The lowest BCUT2D eigenvalue weighted by molar-refractivity contribution is -0.346. The third kappa shape index (κ3) is 4.29. The van der Waals surface area contributed by atoms with Crippen LogP contribution in [0.4, 0.5) is 0 Å². The number of rotatable bonds is 4. The van der Waals surface area contributed by atoms with E-state index in [2.05, 4.69) is 4.98 Å². The number of aromatic nitrogens is 2. The van der Waals surface area contributed by atoms with Crippen LogP contribution in [0.15, 0.2) is 29.2 Å². The zero-order chi connectivity index (χ0) is 20.8. The topological polar surface area (TPSA) is 115 Å². The first-order chi connectivity index (χ1) is 13.7. The molecule has 3 N–H and O–H groups in total. The first kappa shape index (κ1) is 20.6. The molecular weight excluding hydrogens is 419 g/mol. The molecule has 3 heterocycles. The first-order valence-electron chi connectivity index (χ1n) is 9.05. The van der Waals surface area contributed by atoms with Gasteiger partial charge in [0.25, 0.3) is 0 Å². The molecule has 2 aliphatic heterocycles. The molecule has 0 saturated carbocycles. The zero-order valence-electron chi connectivity index (χ0n) is 15.8. The van der Waals surface area contributed by atoms with Crippen LogP contribution in [0.2, 0.25) is 0 Å². The summed E-state index contributed by atoms with van der Waals surface area (Å²) in [6, 6.07) is 5.61.